The number of fused-ring (bicyclic) bond motifs is 1. The van der Waals surface area contributed by atoms with Gasteiger partial charge in [0.15, 0.2) is 0 Å². The van der Waals surface area contributed by atoms with Gasteiger partial charge in [0, 0.05) is 18.8 Å². The number of carbonyl (C=O) groups excluding carboxylic acids is 1. The van der Waals surface area contributed by atoms with E-state index in [1.54, 1.807) is 22.7 Å². The normalized spacial score (nSPS) is 11.9. The van der Waals surface area contributed by atoms with Gasteiger partial charge in [0.05, 0.1) is 6.10 Å². The number of imidazole rings is 1. The number of aromatic nitrogens is 2. The molecule has 0 aliphatic rings. The Labute approximate surface area is 237 Å². The molecule has 3 N–H and O–H groups in total. The molecule has 41 heavy (non-hydrogen) atoms. The van der Waals surface area contributed by atoms with Gasteiger partial charge in [0.2, 0.25) is 0 Å². The number of carbonyl (C=O) groups is 2. The minimum Gasteiger partial charge on any atom is -0.508 e. The van der Waals surface area contributed by atoms with Gasteiger partial charge in [-0.3, -0.25) is 4.79 Å². The van der Waals surface area contributed by atoms with Crippen LogP contribution in [-0.4, -0.2) is 43.6 Å². The second-order valence-corrected chi connectivity index (χ2v) is 10.2. The van der Waals surface area contributed by atoms with E-state index in [1.165, 1.54) is 6.07 Å². The zero-order valence-corrected chi connectivity index (χ0v) is 22.8. The van der Waals surface area contributed by atoms with Crippen molar-refractivity contribution in [3.8, 4) is 22.6 Å². The molecule has 0 saturated carbocycles. The van der Waals surface area contributed by atoms with Crippen LogP contribution in [0, 0.1) is 0 Å². The Hall–Kier alpha value is -5.11. The van der Waals surface area contributed by atoms with Crippen LogP contribution in [-0.2, 0) is 17.6 Å². The van der Waals surface area contributed by atoms with E-state index in [1.807, 2.05) is 86.8 Å². The van der Waals surface area contributed by atoms with Crippen molar-refractivity contribution in [3.63, 3.8) is 0 Å². The van der Waals surface area contributed by atoms with Crippen LogP contribution in [0.3, 0.4) is 0 Å². The summed E-state index contributed by atoms with van der Waals surface area (Å²) in [5.41, 5.74) is 5.13. The van der Waals surface area contributed by atoms with Crippen LogP contribution < -0.4 is 10.1 Å². The number of carboxylic acid groups (broad SMARTS) is 1. The molecule has 0 unspecified atom stereocenters. The fourth-order valence-electron chi connectivity index (χ4n) is 4.71. The maximum atomic E-state index is 13.1. The van der Waals surface area contributed by atoms with Gasteiger partial charge in [-0.25, -0.2) is 9.78 Å². The van der Waals surface area contributed by atoms with Crippen LogP contribution in [0.5, 0.6) is 11.5 Å². The topological polar surface area (TPSA) is 113 Å². The number of carboxylic acids is 1. The van der Waals surface area contributed by atoms with E-state index in [4.69, 9.17) is 4.74 Å². The number of phenols is 1. The standard InChI is InChI=1S/C33H31N3O5/c1-21(2)41-28-13-9-23(10-14-28)25-11-15-31-34-30(20-36(31)19-25)32(38)35-29(33(39)40)18-24-8-12-27(37)17-26(24)16-22-6-4-3-5-7-22/h3-15,17,19-21,29,37H,16,18H2,1-2H3,(H,35,38)(H,39,40)/t29-/m0/s1. The van der Waals surface area contributed by atoms with Gasteiger partial charge in [0.25, 0.3) is 5.91 Å². The molecule has 0 aliphatic heterocycles. The summed E-state index contributed by atoms with van der Waals surface area (Å²) >= 11 is 0. The zero-order chi connectivity index (χ0) is 28.9. The Balaban J connectivity index is 1.33. The number of hydrogen-bond donors (Lipinski definition) is 3. The van der Waals surface area contributed by atoms with Gasteiger partial charge in [-0.2, -0.15) is 0 Å². The van der Waals surface area contributed by atoms with Gasteiger partial charge in [-0.1, -0.05) is 48.5 Å². The predicted molar refractivity (Wildman–Crippen MR) is 156 cm³/mol. The van der Waals surface area contributed by atoms with Crippen LogP contribution in [0.15, 0.2) is 97.3 Å². The molecular weight excluding hydrogens is 518 g/mol. The lowest BCUT2D eigenvalue weighted by molar-refractivity contribution is -0.139. The first-order valence-corrected chi connectivity index (χ1v) is 13.4. The number of aliphatic carboxylic acids is 1. The Bertz CT molecular complexity index is 1680. The fraction of sp³-hybridized carbons (Fsp3) is 0.182. The Morgan fingerprint density at radius 1 is 0.902 bits per heavy atom. The van der Waals surface area contributed by atoms with Crippen LogP contribution in [0.1, 0.15) is 41.0 Å². The summed E-state index contributed by atoms with van der Waals surface area (Å²) in [6.07, 6.45) is 4.12. The van der Waals surface area contributed by atoms with Crippen molar-refractivity contribution in [1.82, 2.24) is 14.7 Å². The average molecular weight is 550 g/mol. The molecule has 1 atom stereocenters. The maximum Gasteiger partial charge on any atom is 0.326 e. The van der Waals surface area contributed by atoms with E-state index in [2.05, 4.69) is 10.3 Å². The highest BCUT2D eigenvalue weighted by atomic mass is 16.5. The molecule has 8 heteroatoms. The van der Waals surface area contributed by atoms with Crippen molar-refractivity contribution in [2.24, 2.45) is 0 Å². The zero-order valence-electron chi connectivity index (χ0n) is 22.8. The molecule has 0 radical (unpaired) electrons. The second kappa shape index (κ2) is 12.0. The minimum atomic E-state index is -1.19. The van der Waals surface area contributed by atoms with E-state index in [0.717, 1.165) is 33.6 Å². The number of nitrogens with one attached hydrogen (secondary N) is 1. The van der Waals surface area contributed by atoms with Gasteiger partial charge in [-0.05, 0) is 84.5 Å². The SMILES string of the molecule is CC(C)Oc1ccc(-c2ccc3nc(C(=O)N[C@@H](Cc4ccc(O)cc4Cc4ccccc4)C(=O)O)cn3c2)cc1. The molecule has 5 aromatic rings. The quantitative estimate of drug-likeness (QED) is 0.212. The van der Waals surface area contributed by atoms with Crippen molar-refractivity contribution in [2.75, 3.05) is 0 Å². The van der Waals surface area contributed by atoms with E-state index in [0.29, 0.717) is 12.1 Å². The van der Waals surface area contributed by atoms with Gasteiger partial charge in [-0.15, -0.1) is 0 Å². The predicted octanol–water partition coefficient (Wildman–Crippen LogP) is 5.51. The molecule has 2 heterocycles. The number of rotatable bonds is 10. The highest BCUT2D eigenvalue weighted by Crippen LogP contribution is 2.24. The molecular formula is C33H31N3O5. The van der Waals surface area contributed by atoms with E-state index in [9.17, 15) is 19.8 Å². The maximum absolute atomic E-state index is 13.1. The summed E-state index contributed by atoms with van der Waals surface area (Å²) in [5, 5.41) is 22.6. The third-order valence-electron chi connectivity index (χ3n) is 6.70. The first-order valence-electron chi connectivity index (χ1n) is 13.4. The van der Waals surface area contributed by atoms with Crippen molar-refractivity contribution in [2.45, 2.75) is 38.8 Å². The first-order chi connectivity index (χ1) is 19.7. The monoisotopic (exact) mass is 549 g/mol. The Morgan fingerprint density at radius 3 is 2.34 bits per heavy atom. The van der Waals surface area contributed by atoms with Crippen LogP contribution in [0.4, 0.5) is 0 Å². The van der Waals surface area contributed by atoms with Gasteiger partial charge < -0.3 is 24.7 Å². The summed E-state index contributed by atoms with van der Waals surface area (Å²) in [5.74, 6) is -0.854. The number of nitrogens with zero attached hydrogens (tertiary/aromatic N) is 2. The summed E-state index contributed by atoms with van der Waals surface area (Å²) in [6, 6.07) is 24.9. The highest BCUT2D eigenvalue weighted by Gasteiger charge is 2.24. The fourth-order valence-corrected chi connectivity index (χ4v) is 4.71. The van der Waals surface area contributed by atoms with E-state index in [-0.39, 0.29) is 24.0 Å². The summed E-state index contributed by atoms with van der Waals surface area (Å²) < 4.78 is 7.46. The lowest BCUT2D eigenvalue weighted by Crippen LogP contribution is -2.42. The molecule has 208 valence electrons. The lowest BCUT2D eigenvalue weighted by Gasteiger charge is -2.17. The molecule has 1 amide bonds. The summed E-state index contributed by atoms with van der Waals surface area (Å²) in [6.45, 7) is 3.95. The number of phenolic OH excluding ortho intramolecular Hbond substituents is 1. The summed E-state index contributed by atoms with van der Waals surface area (Å²) in [4.78, 5) is 29.7. The number of amides is 1. The van der Waals surface area contributed by atoms with E-state index >= 15 is 0 Å². The molecule has 0 fully saturated rings. The molecule has 0 spiro atoms. The number of hydrogen-bond acceptors (Lipinski definition) is 5. The van der Waals surface area contributed by atoms with Gasteiger partial charge in [0.1, 0.15) is 28.9 Å². The highest BCUT2D eigenvalue weighted by molar-refractivity contribution is 5.95. The lowest BCUT2D eigenvalue weighted by atomic mass is 9.95. The van der Waals surface area contributed by atoms with Crippen molar-refractivity contribution >= 4 is 17.5 Å². The Morgan fingerprint density at radius 2 is 1.63 bits per heavy atom. The van der Waals surface area contributed by atoms with Crippen LogP contribution in [0.2, 0.25) is 0 Å². The van der Waals surface area contributed by atoms with Crippen molar-refractivity contribution < 1.29 is 24.5 Å². The van der Waals surface area contributed by atoms with Crippen LogP contribution in [0.25, 0.3) is 16.8 Å². The molecule has 5 rings (SSSR count). The van der Waals surface area contributed by atoms with E-state index < -0.39 is 17.9 Å². The molecule has 0 aliphatic carbocycles. The van der Waals surface area contributed by atoms with Crippen molar-refractivity contribution in [3.05, 3.63) is 120 Å². The second-order valence-electron chi connectivity index (χ2n) is 10.2. The van der Waals surface area contributed by atoms with Crippen molar-refractivity contribution in [1.29, 1.82) is 0 Å². The smallest absolute Gasteiger partial charge is 0.326 e. The number of ether oxygens (including phenoxy) is 1. The molecule has 2 aromatic heterocycles. The Kier molecular flexibility index (Phi) is 8.01. The molecule has 3 aromatic carbocycles. The summed E-state index contributed by atoms with van der Waals surface area (Å²) in [7, 11) is 0. The van der Waals surface area contributed by atoms with Crippen LogP contribution >= 0.6 is 0 Å². The third kappa shape index (κ3) is 6.73. The largest absolute Gasteiger partial charge is 0.508 e. The molecule has 0 saturated heterocycles. The molecule has 8 nitrogen and oxygen atoms in total. The number of benzene rings is 3. The number of pyridine rings is 1. The molecule has 0 bridgehead atoms. The average Bonchev–Trinajstić information content (AvgIpc) is 3.38. The minimum absolute atomic E-state index is 0.0531. The first kappa shape index (κ1) is 27.5. The van der Waals surface area contributed by atoms with Gasteiger partial charge >= 0.3 is 5.97 Å². The number of aromatic hydroxyl groups is 1. The third-order valence-corrected chi connectivity index (χ3v) is 6.70.